The molecule has 98 valence electrons. The second-order valence-corrected chi connectivity index (χ2v) is 5.12. The summed E-state index contributed by atoms with van der Waals surface area (Å²) >= 11 is 3.31. The maximum absolute atomic E-state index is 13.1. The Bertz CT molecular complexity index is 456. The zero-order valence-corrected chi connectivity index (χ0v) is 11.2. The Balaban J connectivity index is 1.95. The molecule has 4 nitrogen and oxygen atoms in total. The summed E-state index contributed by atoms with van der Waals surface area (Å²) in [5.74, 6) is -0.808. The quantitative estimate of drug-likeness (QED) is 0.880. The molecule has 1 fully saturated rings. The minimum absolute atomic E-state index is 0.156. The molecule has 0 bridgehead atoms. The molecule has 1 aliphatic heterocycles. The fourth-order valence-corrected chi connectivity index (χ4v) is 2.22. The molecule has 0 aliphatic carbocycles. The molecule has 1 heterocycles. The lowest BCUT2D eigenvalue weighted by Crippen LogP contribution is -2.40. The van der Waals surface area contributed by atoms with Gasteiger partial charge >= 0.3 is 0 Å². The first-order valence-electron chi connectivity index (χ1n) is 5.63. The molecule has 1 aromatic carbocycles. The third-order valence-corrected chi connectivity index (χ3v) is 3.70. The van der Waals surface area contributed by atoms with Crippen LogP contribution in [0.4, 0.5) is 4.39 Å². The standard InChI is InChI=1S/C12H14BrFN2O2/c13-10-2-1-8(14)3-7(10)4-16-12(17)9-5-18-6-11(9)15/h1-3,9,11H,4-6,15H2,(H,16,17). The molecule has 1 aliphatic rings. The van der Waals surface area contributed by atoms with Gasteiger partial charge in [-0.3, -0.25) is 4.79 Å². The van der Waals surface area contributed by atoms with Crippen molar-refractivity contribution in [3.8, 4) is 0 Å². The summed E-state index contributed by atoms with van der Waals surface area (Å²) in [6.07, 6.45) is 0. The first kappa shape index (κ1) is 13.5. The number of halogens is 2. The van der Waals surface area contributed by atoms with Crippen molar-refractivity contribution in [3.63, 3.8) is 0 Å². The van der Waals surface area contributed by atoms with Crippen molar-refractivity contribution in [1.29, 1.82) is 0 Å². The van der Waals surface area contributed by atoms with Crippen molar-refractivity contribution in [2.75, 3.05) is 13.2 Å². The molecule has 0 spiro atoms. The summed E-state index contributed by atoms with van der Waals surface area (Å²) in [7, 11) is 0. The average molecular weight is 317 g/mol. The second-order valence-electron chi connectivity index (χ2n) is 4.26. The molecule has 1 amide bonds. The molecule has 1 aromatic rings. The maximum atomic E-state index is 13.1. The van der Waals surface area contributed by atoms with Crippen LogP contribution < -0.4 is 11.1 Å². The lowest BCUT2D eigenvalue weighted by Gasteiger charge is -2.14. The summed E-state index contributed by atoms with van der Waals surface area (Å²) in [5, 5.41) is 2.74. The molecular formula is C12H14BrFN2O2. The number of hydrogen-bond donors (Lipinski definition) is 2. The number of benzene rings is 1. The van der Waals surface area contributed by atoms with Gasteiger partial charge in [0.1, 0.15) is 5.82 Å². The van der Waals surface area contributed by atoms with Crippen LogP contribution in [0, 0.1) is 11.7 Å². The summed E-state index contributed by atoms with van der Waals surface area (Å²) in [6, 6.07) is 4.09. The van der Waals surface area contributed by atoms with E-state index in [1.165, 1.54) is 12.1 Å². The number of hydrogen-bond acceptors (Lipinski definition) is 3. The Labute approximate surface area is 113 Å². The fourth-order valence-electron chi connectivity index (χ4n) is 1.83. The van der Waals surface area contributed by atoms with Gasteiger partial charge in [0, 0.05) is 17.1 Å². The van der Waals surface area contributed by atoms with Crippen LogP contribution in [-0.4, -0.2) is 25.2 Å². The highest BCUT2D eigenvalue weighted by Crippen LogP contribution is 2.18. The highest BCUT2D eigenvalue weighted by atomic mass is 79.9. The molecular weight excluding hydrogens is 303 g/mol. The predicted octanol–water partition coefficient (Wildman–Crippen LogP) is 1.18. The number of carbonyl (C=O) groups excluding carboxylic acids is 1. The lowest BCUT2D eigenvalue weighted by atomic mass is 10.0. The van der Waals surface area contributed by atoms with E-state index in [-0.39, 0.29) is 30.2 Å². The normalized spacial score (nSPS) is 23.1. The summed E-state index contributed by atoms with van der Waals surface area (Å²) in [4.78, 5) is 11.8. The number of rotatable bonds is 3. The van der Waals surface area contributed by atoms with Crippen LogP contribution in [0.2, 0.25) is 0 Å². The Morgan fingerprint density at radius 2 is 2.33 bits per heavy atom. The van der Waals surface area contributed by atoms with Crippen LogP contribution >= 0.6 is 15.9 Å². The van der Waals surface area contributed by atoms with E-state index in [1.807, 2.05) is 0 Å². The Morgan fingerprint density at radius 3 is 3.00 bits per heavy atom. The summed E-state index contributed by atoms with van der Waals surface area (Å²) in [6.45, 7) is 1.01. The third-order valence-electron chi connectivity index (χ3n) is 2.92. The van der Waals surface area contributed by atoms with Gasteiger partial charge in [0.2, 0.25) is 5.91 Å². The average Bonchev–Trinajstić information content (AvgIpc) is 2.76. The zero-order valence-electron chi connectivity index (χ0n) is 9.66. The van der Waals surface area contributed by atoms with Gasteiger partial charge < -0.3 is 15.8 Å². The van der Waals surface area contributed by atoms with Crippen molar-refractivity contribution in [2.24, 2.45) is 11.7 Å². The van der Waals surface area contributed by atoms with Crippen LogP contribution in [0.5, 0.6) is 0 Å². The van der Waals surface area contributed by atoms with Crippen LogP contribution in [0.25, 0.3) is 0 Å². The number of amides is 1. The Morgan fingerprint density at radius 1 is 1.56 bits per heavy atom. The molecule has 2 unspecified atom stereocenters. The van der Waals surface area contributed by atoms with E-state index < -0.39 is 0 Å². The molecule has 18 heavy (non-hydrogen) atoms. The van der Waals surface area contributed by atoms with Gasteiger partial charge in [-0.25, -0.2) is 4.39 Å². The molecule has 0 radical (unpaired) electrons. The molecule has 6 heteroatoms. The van der Waals surface area contributed by atoms with Crippen molar-refractivity contribution < 1.29 is 13.9 Å². The van der Waals surface area contributed by atoms with Crippen LogP contribution in [-0.2, 0) is 16.1 Å². The zero-order chi connectivity index (χ0) is 13.1. The molecule has 0 aromatic heterocycles. The summed E-state index contributed by atoms with van der Waals surface area (Å²) in [5.41, 5.74) is 6.44. The van der Waals surface area contributed by atoms with Crippen LogP contribution in [0.15, 0.2) is 22.7 Å². The van der Waals surface area contributed by atoms with Gasteiger partial charge in [0.15, 0.2) is 0 Å². The molecule has 2 atom stereocenters. The van der Waals surface area contributed by atoms with E-state index in [4.69, 9.17) is 10.5 Å². The van der Waals surface area contributed by atoms with Crippen molar-refractivity contribution in [2.45, 2.75) is 12.6 Å². The minimum Gasteiger partial charge on any atom is -0.379 e. The highest BCUT2D eigenvalue weighted by molar-refractivity contribution is 9.10. The number of nitrogens with two attached hydrogens (primary N) is 1. The van der Waals surface area contributed by atoms with Crippen molar-refractivity contribution >= 4 is 21.8 Å². The smallest absolute Gasteiger partial charge is 0.227 e. The first-order valence-corrected chi connectivity index (χ1v) is 6.42. The van der Waals surface area contributed by atoms with Gasteiger partial charge in [-0.2, -0.15) is 0 Å². The van der Waals surface area contributed by atoms with E-state index in [2.05, 4.69) is 21.2 Å². The molecule has 2 rings (SSSR count). The minimum atomic E-state index is -0.330. The Hall–Kier alpha value is -0.980. The van der Waals surface area contributed by atoms with E-state index >= 15 is 0 Å². The van der Waals surface area contributed by atoms with Crippen molar-refractivity contribution in [1.82, 2.24) is 5.32 Å². The predicted molar refractivity (Wildman–Crippen MR) is 68.2 cm³/mol. The highest BCUT2D eigenvalue weighted by Gasteiger charge is 2.31. The Kier molecular flexibility index (Phi) is 4.31. The van der Waals surface area contributed by atoms with E-state index in [0.29, 0.717) is 18.8 Å². The molecule has 1 saturated heterocycles. The van der Waals surface area contributed by atoms with E-state index in [1.54, 1.807) is 6.07 Å². The lowest BCUT2D eigenvalue weighted by molar-refractivity contribution is -0.125. The number of ether oxygens (including phenoxy) is 1. The molecule has 0 saturated carbocycles. The number of nitrogens with one attached hydrogen (secondary N) is 1. The van der Waals surface area contributed by atoms with Gasteiger partial charge in [0.05, 0.1) is 19.1 Å². The van der Waals surface area contributed by atoms with Gasteiger partial charge in [-0.05, 0) is 23.8 Å². The van der Waals surface area contributed by atoms with Gasteiger partial charge in [-0.15, -0.1) is 0 Å². The third kappa shape index (κ3) is 3.07. The topological polar surface area (TPSA) is 64.3 Å². The van der Waals surface area contributed by atoms with E-state index in [0.717, 1.165) is 4.47 Å². The fraction of sp³-hybridized carbons (Fsp3) is 0.417. The maximum Gasteiger partial charge on any atom is 0.227 e. The SMILES string of the molecule is NC1COCC1C(=O)NCc1cc(F)ccc1Br. The first-order chi connectivity index (χ1) is 8.58. The van der Waals surface area contributed by atoms with Crippen molar-refractivity contribution in [3.05, 3.63) is 34.1 Å². The summed E-state index contributed by atoms with van der Waals surface area (Å²) < 4.78 is 19.0. The van der Waals surface area contributed by atoms with Crippen LogP contribution in [0.1, 0.15) is 5.56 Å². The van der Waals surface area contributed by atoms with E-state index in [9.17, 15) is 9.18 Å². The second kappa shape index (κ2) is 5.77. The van der Waals surface area contributed by atoms with Gasteiger partial charge in [0.25, 0.3) is 0 Å². The largest absolute Gasteiger partial charge is 0.379 e. The number of carbonyl (C=O) groups is 1. The molecule has 3 N–H and O–H groups in total. The van der Waals surface area contributed by atoms with Crippen LogP contribution in [0.3, 0.4) is 0 Å². The monoisotopic (exact) mass is 316 g/mol. The van der Waals surface area contributed by atoms with Gasteiger partial charge in [-0.1, -0.05) is 15.9 Å².